The van der Waals surface area contributed by atoms with E-state index < -0.39 is 0 Å². The van der Waals surface area contributed by atoms with Gasteiger partial charge in [0.25, 0.3) is 0 Å². The van der Waals surface area contributed by atoms with E-state index in [9.17, 15) is 5.11 Å². The van der Waals surface area contributed by atoms with Gasteiger partial charge in [0.15, 0.2) is 0 Å². The zero-order chi connectivity index (χ0) is 14.8. The van der Waals surface area contributed by atoms with Crippen LogP contribution in [-0.4, -0.2) is 34.7 Å². The molecule has 0 amide bonds. The van der Waals surface area contributed by atoms with E-state index in [1.807, 2.05) is 25.2 Å². The maximum Gasteiger partial charge on any atom is 0.0705 e. The van der Waals surface area contributed by atoms with Crippen molar-refractivity contribution in [1.29, 1.82) is 0 Å². The number of aliphatic hydroxyl groups is 1. The van der Waals surface area contributed by atoms with Gasteiger partial charge in [-0.2, -0.15) is 0 Å². The standard InChI is InChI=1S/C17H24N2O/c1-17(2,3)16(12-20)19(4)11-14-10-9-13-7-5-6-8-15(13)18-14/h5-10,16,20H,11-12H2,1-4H3. The normalized spacial score (nSPS) is 13.9. The fraction of sp³-hybridized carbons (Fsp3) is 0.471. The van der Waals surface area contributed by atoms with Crippen molar-refractivity contribution < 1.29 is 5.11 Å². The number of hydrogen-bond donors (Lipinski definition) is 1. The Bertz CT molecular complexity index is 574. The number of aromatic nitrogens is 1. The Hall–Kier alpha value is -1.45. The van der Waals surface area contributed by atoms with Crippen LogP contribution < -0.4 is 0 Å². The van der Waals surface area contributed by atoms with Crippen molar-refractivity contribution in [2.45, 2.75) is 33.4 Å². The van der Waals surface area contributed by atoms with Gasteiger partial charge < -0.3 is 5.11 Å². The van der Waals surface area contributed by atoms with Crippen molar-refractivity contribution >= 4 is 10.9 Å². The maximum atomic E-state index is 9.62. The first-order chi connectivity index (χ1) is 9.41. The Morgan fingerprint density at radius 3 is 2.50 bits per heavy atom. The minimum Gasteiger partial charge on any atom is -0.395 e. The zero-order valence-electron chi connectivity index (χ0n) is 12.8. The van der Waals surface area contributed by atoms with Crippen LogP contribution in [0.1, 0.15) is 26.5 Å². The summed E-state index contributed by atoms with van der Waals surface area (Å²) in [6.45, 7) is 7.36. The molecule has 0 saturated heterocycles. The molecule has 0 aliphatic carbocycles. The third-order valence-electron chi connectivity index (χ3n) is 3.77. The number of hydrogen-bond acceptors (Lipinski definition) is 3. The molecule has 0 spiro atoms. The van der Waals surface area contributed by atoms with Crippen molar-refractivity contribution in [1.82, 2.24) is 9.88 Å². The minimum absolute atomic E-state index is 0.0420. The molecule has 2 aromatic rings. The topological polar surface area (TPSA) is 36.4 Å². The van der Waals surface area contributed by atoms with E-state index >= 15 is 0 Å². The number of fused-ring (bicyclic) bond motifs is 1. The molecule has 0 saturated carbocycles. The molecule has 20 heavy (non-hydrogen) atoms. The van der Waals surface area contributed by atoms with Gasteiger partial charge in [-0.1, -0.05) is 45.0 Å². The summed E-state index contributed by atoms with van der Waals surface area (Å²) < 4.78 is 0. The lowest BCUT2D eigenvalue weighted by molar-refractivity contribution is 0.0607. The Balaban J connectivity index is 2.18. The van der Waals surface area contributed by atoms with Gasteiger partial charge >= 0.3 is 0 Å². The lowest BCUT2D eigenvalue weighted by atomic mass is 9.86. The van der Waals surface area contributed by atoms with Crippen LogP contribution in [-0.2, 0) is 6.54 Å². The number of likely N-dealkylation sites (N-methyl/N-ethyl adjacent to an activating group) is 1. The molecule has 3 heteroatoms. The summed E-state index contributed by atoms with van der Waals surface area (Å²) in [4.78, 5) is 6.87. The monoisotopic (exact) mass is 272 g/mol. The predicted octanol–water partition coefficient (Wildman–Crippen LogP) is 3.07. The molecular weight excluding hydrogens is 248 g/mol. The number of benzene rings is 1. The van der Waals surface area contributed by atoms with Crippen molar-refractivity contribution in [3.05, 3.63) is 42.1 Å². The maximum absolute atomic E-state index is 9.62. The van der Waals surface area contributed by atoms with E-state index in [1.165, 1.54) is 0 Å². The summed E-state index contributed by atoms with van der Waals surface area (Å²) in [7, 11) is 2.04. The first kappa shape index (κ1) is 14.9. The van der Waals surface area contributed by atoms with Crippen LogP contribution in [0.25, 0.3) is 10.9 Å². The van der Waals surface area contributed by atoms with Crippen LogP contribution in [0.5, 0.6) is 0 Å². The minimum atomic E-state index is 0.0420. The van der Waals surface area contributed by atoms with Gasteiger partial charge in [-0.3, -0.25) is 9.88 Å². The average Bonchev–Trinajstić information content (AvgIpc) is 2.37. The molecule has 108 valence electrons. The second-order valence-electron chi connectivity index (χ2n) is 6.47. The Kier molecular flexibility index (Phi) is 4.41. The molecule has 3 nitrogen and oxygen atoms in total. The molecule has 1 unspecified atom stereocenters. The molecule has 2 rings (SSSR count). The Labute approximate surface area is 121 Å². The van der Waals surface area contributed by atoms with E-state index in [0.717, 1.165) is 23.1 Å². The van der Waals surface area contributed by atoms with E-state index in [0.29, 0.717) is 0 Å². The molecule has 0 bridgehead atoms. The number of para-hydroxylation sites is 1. The second-order valence-corrected chi connectivity index (χ2v) is 6.47. The summed E-state index contributed by atoms with van der Waals surface area (Å²) in [5.41, 5.74) is 2.10. The molecule has 1 aromatic carbocycles. The largest absolute Gasteiger partial charge is 0.395 e. The van der Waals surface area contributed by atoms with Crippen LogP contribution in [0.4, 0.5) is 0 Å². The summed E-state index contributed by atoms with van der Waals surface area (Å²) in [5.74, 6) is 0. The fourth-order valence-electron chi connectivity index (χ4n) is 2.64. The van der Waals surface area contributed by atoms with Gasteiger partial charge in [0.1, 0.15) is 0 Å². The molecule has 1 aromatic heterocycles. The quantitative estimate of drug-likeness (QED) is 0.929. The van der Waals surface area contributed by atoms with Gasteiger partial charge in [0.2, 0.25) is 0 Å². The third kappa shape index (κ3) is 3.35. The average molecular weight is 272 g/mol. The molecule has 0 fully saturated rings. The van der Waals surface area contributed by atoms with E-state index in [4.69, 9.17) is 4.98 Å². The van der Waals surface area contributed by atoms with Crippen LogP contribution in [0.15, 0.2) is 36.4 Å². The Morgan fingerprint density at radius 1 is 1.15 bits per heavy atom. The molecule has 0 aliphatic heterocycles. The highest BCUT2D eigenvalue weighted by Gasteiger charge is 2.27. The number of pyridine rings is 1. The molecule has 1 heterocycles. The predicted molar refractivity (Wildman–Crippen MR) is 83.5 cm³/mol. The molecule has 1 atom stereocenters. The van der Waals surface area contributed by atoms with Crippen molar-refractivity contribution in [2.24, 2.45) is 5.41 Å². The molecule has 0 aliphatic rings. The first-order valence-electron chi connectivity index (χ1n) is 7.07. The summed E-state index contributed by atoms with van der Waals surface area (Å²) in [6, 6.07) is 12.4. The van der Waals surface area contributed by atoms with Crippen molar-refractivity contribution in [3.63, 3.8) is 0 Å². The van der Waals surface area contributed by atoms with Crippen molar-refractivity contribution in [2.75, 3.05) is 13.7 Å². The van der Waals surface area contributed by atoms with Crippen LogP contribution in [0.3, 0.4) is 0 Å². The zero-order valence-corrected chi connectivity index (χ0v) is 12.8. The van der Waals surface area contributed by atoms with Gasteiger partial charge in [-0.05, 0) is 24.6 Å². The van der Waals surface area contributed by atoms with E-state index in [-0.39, 0.29) is 18.1 Å². The van der Waals surface area contributed by atoms with Crippen molar-refractivity contribution in [3.8, 4) is 0 Å². The molecule has 1 N–H and O–H groups in total. The van der Waals surface area contributed by atoms with Crippen LogP contribution in [0.2, 0.25) is 0 Å². The first-order valence-corrected chi connectivity index (χ1v) is 7.07. The SMILES string of the molecule is CN(Cc1ccc2ccccc2n1)C(CO)C(C)(C)C. The highest BCUT2D eigenvalue weighted by Crippen LogP contribution is 2.24. The van der Waals surface area contributed by atoms with Crippen LogP contribution in [0, 0.1) is 5.41 Å². The molecular formula is C17H24N2O. The van der Waals surface area contributed by atoms with Gasteiger partial charge in [-0.15, -0.1) is 0 Å². The Morgan fingerprint density at radius 2 is 1.85 bits per heavy atom. The van der Waals surface area contributed by atoms with Gasteiger partial charge in [0.05, 0.1) is 17.8 Å². The van der Waals surface area contributed by atoms with E-state index in [1.54, 1.807) is 0 Å². The summed E-state index contributed by atoms with van der Waals surface area (Å²) in [5, 5.41) is 10.8. The number of aliphatic hydroxyl groups excluding tert-OH is 1. The second kappa shape index (κ2) is 5.90. The highest BCUT2D eigenvalue weighted by molar-refractivity contribution is 5.78. The molecule has 0 radical (unpaired) electrons. The number of nitrogens with zero attached hydrogens (tertiary/aromatic N) is 2. The highest BCUT2D eigenvalue weighted by atomic mass is 16.3. The lowest BCUT2D eigenvalue weighted by Crippen LogP contribution is -2.44. The lowest BCUT2D eigenvalue weighted by Gasteiger charge is -2.36. The third-order valence-corrected chi connectivity index (χ3v) is 3.77. The van der Waals surface area contributed by atoms with E-state index in [2.05, 4.69) is 43.9 Å². The smallest absolute Gasteiger partial charge is 0.0705 e. The summed E-state index contributed by atoms with van der Waals surface area (Å²) in [6.07, 6.45) is 0. The number of rotatable bonds is 4. The van der Waals surface area contributed by atoms with Crippen LogP contribution >= 0.6 is 0 Å². The fourth-order valence-corrected chi connectivity index (χ4v) is 2.64. The van der Waals surface area contributed by atoms with Gasteiger partial charge in [-0.25, -0.2) is 0 Å². The summed E-state index contributed by atoms with van der Waals surface area (Å²) >= 11 is 0. The van der Waals surface area contributed by atoms with Gasteiger partial charge in [0, 0.05) is 18.0 Å².